The Bertz CT molecular complexity index is 497. The zero-order valence-electron chi connectivity index (χ0n) is 12.3. The van der Waals surface area contributed by atoms with Crippen LogP contribution in [0.4, 0.5) is 5.82 Å². The number of anilines is 1. The molecule has 2 aliphatic rings. The normalized spacial score (nSPS) is 24.0. The number of rotatable bonds is 3. The molecule has 0 bridgehead atoms. The van der Waals surface area contributed by atoms with Gasteiger partial charge in [0.15, 0.2) is 5.69 Å². The van der Waals surface area contributed by atoms with Gasteiger partial charge in [0.2, 0.25) is 0 Å². The van der Waals surface area contributed by atoms with Gasteiger partial charge in [0, 0.05) is 12.6 Å². The number of methoxy groups -OCH3 is 1. The second-order valence-corrected chi connectivity index (χ2v) is 5.87. The fourth-order valence-corrected chi connectivity index (χ4v) is 3.35. The Morgan fingerprint density at radius 3 is 2.86 bits per heavy atom. The Balaban J connectivity index is 1.62. The van der Waals surface area contributed by atoms with Gasteiger partial charge in [-0.25, -0.2) is 4.79 Å². The topological polar surface area (TPSA) is 73.3 Å². The molecule has 1 saturated carbocycles. The lowest BCUT2D eigenvalue weighted by atomic mass is 9.89. The lowest BCUT2D eigenvalue weighted by Crippen LogP contribution is -2.42. The number of carbonyl (C=O) groups excluding carboxylic acids is 1. The average Bonchev–Trinajstić information content (AvgIpc) is 2.95. The Kier molecular flexibility index (Phi) is 4.05. The van der Waals surface area contributed by atoms with Crippen molar-refractivity contribution < 1.29 is 14.3 Å². The summed E-state index contributed by atoms with van der Waals surface area (Å²) in [5, 5.41) is 11.4. The minimum Gasteiger partial charge on any atom is -0.464 e. The summed E-state index contributed by atoms with van der Waals surface area (Å²) in [5.74, 6) is 0.229. The minimum absolute atomic E-state index is 0.0787. The van der Waals surface area contributed by atoms with Gasteiger partial charge in [0.25, 0.3) is 0 Å². The van der Waals surface area contributed by atoms with Crippen molar-refractivity contribution in [3.8, 4) is 0 Å². The molecule has 21 heavy (non-hydrogen) atoms. The van der Waals surface area contributed by atoms with Gasteiger partial charge in [-0.1, -0.05) is 12.8 Å². The first-order chi connectivity index (χ1) is 10.2. The number of esters is 1. The van der Waals surface area contributed by atoms with Gasteiger partial charge in [-0.15, -0.1) is 10.2 Å². The van der Waals surface area contributed by atoms with Crippen molar-refractivity contribution >= 4 is 11.8 Å². The van der Waals surface area contributed by atoms with E-state index in [1.165, 1.54) is 20.0 Å². The number of nitrogens with one attached hydrogen (secondary N) is 1. The van der Waals surface area contributed by atoms with Crippen molar-refractivity contribution in [1.29, 1.82) is 0 Å². The third-order valence-electron chi connectivity index (χ3n) is 4.42. The third kappa shape index (κ3) is 3.15. The highest BCUT2D eigenvalue weighted by Crippen LogP contribution is 2.40. The van der Waals surface area contributed by atoms with Crippen molar-refractivity contribution in [2.75, 3.05) is 19.0 Å². The molecular weight excluding hydrogens is 270 g/mol. The van der Waals surface area contributed by atoms with E-state index in [2.05, 4.69) is 20.3 Å². The summed E-state index contributed by atoms with van der Waals surface area (Å²) < 4.78 is 10.6. The molecule has 114 valence electrons. The van der Waals surface area contributed by atoms with Gasteiger partial charge in [0.1, 0.15) is 5.82 Å². The van der Waals surface area contributed by atoms with Crippen molar-refractivity contribution in [3.05, 3.63) is 17.8 Å². The predicted octanol–water partition coefficient (Wildman–Crippen LogP) is 2.17. The molecule has 2 fully saturated rings. The van der Waals surface area contributed by atoms with Gasteiger partial charge in [-0.2, -0.15) is 0 Å². The SMILES string of the molecule is COC(=O)c1ccc(NC2CCOC3(CCCC3)C2)nn1. The highest BCUT2D eigenvalue weighted by atomic mass is 16.5. The van der Waals surface area contributed by atoms with E-state index < -0.39 is 5.97 Å². The molecule has 6 heteroatoms. The number of hydrogen-bond acceptors (Lipinski definition) is 6. The van der Waals surface area contributed by atoms with E-state index in [1.807, 2.05) is 0 Å². The van der Waals surface area contributed by atoms with E-state index in [0.717, 1.165) is 32.3 Å². The van der Waals surface area contributed by atoms with Crippen LogP contribution in [0.15, 0.2) is 12.1 Å². The van der Waals surface area contributed by atoms with Gasteiger partial charge in [-0.3, -0.25) is 0 Å². The average molecular weight is 291 g/mol. The molecule has 1 atom stereocenters. The highest BCUT2D eigenvalue weighted by Gasteiger charge is 2.39. The third-order valence-corrected chi connectivity index (χ3v) is 4.42. The molecule has 3 rings (SSSR count). The minimum atomic E-state index is -0.468. The molecule has 0 radical (unpaired) electrons. The molecule has 0 aromatic carbocycles. The summed E-state index contributed by atoms with van der Waals surface area (Å²) in [7, 11) is 1.33. The van der Waals surface area contributed by atoms with Gasteiger partial charge < -0.3 is 14.8 Å². The first-order valence-electron chi connectivity index (χ1n) is 7.53. The second-order valence-electron chi connectivity index (χ2n) is 5.87. The fraction of sp³-hybridized carbons (Fsp3) is 0.667. The molecule has 6 nitrogen and oxygen atoms in total. The summed E-state index contributed by atoms with van der Waals surface area (Å²) in [6.45, 7) is 0.797. The number of ether oxygens (including phenoxy) is 2. The van der Waals surface area contributed by atoms with Gasteiger partial charge in [-0.05, 0) is 37.8 Å². The molecule has 1 aromatic heterocycles. The van der Waals surface area contributed by atoms with E-state index >= 15 is 0 Å². The van der Waals surface area contributed by atoms with Crippen LogP contribution in [0.2, 0.25) is 0 Å². The molecule has 1 aromatic rings. The summed E-state index contributed by atoms with van der Waals surface area (Å²) in [4.78, 5) is 11.3. The maximum Gasteiger partial charge on any atom is 0.358 e. The quantitative estimate of drug-likeness (QED) is 0.860. The van der Waals surface area contributed by atoms with E-state index in [9.17, 15) is 4.79 Å². The number of carbonyl (C=O) groups is 1. The standard InChI is InChI=1S/C15H21N3O3/c1-20-14(19)12-4-5-13(18-17-12)16-11-6-9-21-15(10-11)7-2-3-8-15/h4-5,11H,2-3,6-10H2,1H3,(H,16,18). The largest absolute Gasteiger partial charge is 0.464 e. The van der Waals surface area contributed by atoms with E-state index in [4.69, 9.17) is 4.74 Å². The lowest BCUT2D eigenvalue weighted by Gasteiger charge is -2.38. The van der Waals surface area contributed by atoms with Gasteiger partial charge in [0.05, 0.1) is 12.7 Å². The van der Waals surface area contributed by atoms with Crippen molar-refractivity contribution in [1.82, 2.24) is 10.2 Å². The maximum absolute atomic E-state index is 11.3. The number of hydrogen-bond donors (Lipinski definition) is 1. The zero-order valence-corrected chi connectivity index (χ0v) is 12.3. The molecule has 2 heterocycles. The van der Waals surface area contributed by atoms with Crippen molar-refractivity contribution in [3.63, 3.8) is 0 Å². The molecule has 1 saturated heterocycles. The Labute approximate surface area is 124 Å². The van der Waals surface area contributed by atoms with Crippen LogP contribution in [0, 0.1) is 0 Å². The highest BCUT2D eigenvalue weighted by molar-refractivity contribution is 5.86. The van der Waals surface area contributed by atoms with Crippen LogP contribution >= 0.6 is 0 Å². The van der Waals surface area contributed by atoms with E-state index in [-0.39, 0.29) is 11.3 Å². The van der Waals surface area contributed by atoms with Crippen LogP contribution < -0.4 is 5.32 Å². The Morgan fingerprint density at radius 2 is 2.19 bits per heavy atom. The van der Waals surface area contributed by atoms with E-state index in [1.54, 1.807) is 12.1 Å². The maximum atomic E-state index is 11.3. The van der Waals surface area contributed by atoms with Crippen molar-refractivity contribution in [2.45, 2.75) is 50.2 Å². The monoisotopic (exact) mass is 291 g/mol. The van der Waals surface area contributed by atoms with Crippen LogP contribution in [0.3, 0.4) is 0 Å². The predicted molar refractivity (Wildman–Crippen MR) is 77.2 cm³/mol. The second kappa shape index (κ2) is 5.97. The Hall–Kier alpha value is -1.69. The zero-order chi connectivity index (χ0) is 14.7. The summed E-state index contributed by atoms with van der Waals surface area (Å²) in [6, 6.07) is 3.76. The van der Waals surface area contributed by atoms with Crippen molar-refractivity contribution in [2.24, 2.45) is 0 Å². The molecule has 1 aliphatic carbocycles. The number of aromatic nitrogens is 2. The summed E-state index contributed by atoms with van der Waals surface area (Å²) in [5.41, 5.74) is 0.303. The van der Waals surface area contributed by atoms with Crippen LogP contribution in [-0.4, -0.2) is 41.5 Å². The van der Waals surface area contributed by atoms with Crippen LogP contribution in [-0.2, 0) is 9.47 Å². The summed E-state index contributed by atoms with van der Waals surface area (Å²) in [6.07, 6.45) is 6.85. The molecule has 1 N–H and O–H groups in total. The van der Waals surface area contributed by atoms with Crippen LogP contribution in [0.25, 0.3) is 0 Å². The summed E-state index contributed by atoms with van der Waals surface area (Å²) >= 11 is 0. The molecular formula is C15H21N3O3. The first kappa shape index (κ1) is 14.3. The molecule has 0 amide bonds. The smallest absolute Gasteiger partial charge is 0.358 e. The Morgan fingerprint density at radius 1 is 1.38 bits per heavy atom. The van der Waals surface area contributed by atoms with Crippen LogP contribution in [0.1, 0.15) is 49.0 Å². The molecule has 1 unspecified atom stereocenters. The number of nitrogens with zero attached hydrogens (tertiary/aromatic N) is 2. The first-order valence-corrected chi connectivity index (χ1v) is 7.53. The van der Waals surface area contributed by atoms with Crippen LogP contribution in [0.5, 0.6) is 0 Å². The molecule has 1 aliphatic heterocycles. The molecule has 1 spiro atoms. The van der Waals surface area contributed by atoms with E-state index in [0.29, 0.717) is 11.9 Å². The lowest BCUT2D eigenvalue weighted by molar-refractivity contribution is -0.0767. The van der Waals surface area contributed by atoms with Gasteiger partial charge >= 0.3 is 5.97 Å². The fourth-order valence-electron chi connectivity index (χ4n) is 3.35.